The summed E-state index contributed by atoms with van der Waals surface area (Å²) in [5, 5.41) is 2.95. The molecule has 3 aromatic rings. The smallest absolute Gasteiger partial charge is 0.255 e. The molecule has 0 heterocycles. The molecule has 1 N–H and O–H groups in total. The van der Waals surface area contributed by atoms with Gasteiger partial charge in [-0.15, -0.1) is 0 Å². The van der Waals surface area contributed by atoms with Crippen LogP contribution in [0.5, 0.6) is 0 Å². The number of hydrogen-bond acceptors (Lipinski definition) is 1. The van der Waals surface area contributed by atoms with Gasteiger partial charge in [0.05, 0.1) is 0 Å². The molecule has 3 aromatic carbocycles. The molecule has 4 saturated carbocycles. The van der Waals surface area contributed by atoms with Gasteiger partial charge < -0.3 is 5.32 Å². The maximum atomic E-state index is 13.1. The fourth-order valence-electron chi connectivity index (χ4n) is 7.44. The summed E-state index contributed by atoms with van der Waals surface area (Å²) in [7, 11) is 0. The van der Waals surface area contributed by atoms with Crippen molar-refractivity contribution in [2.75, 3.05) is 5.32 Å². The van der Waals surface area contributed by atoms with Crippen molar-refractivity contribution < 1.29 is 9.18 Å². The Hall–Kier alpha value is -2.94. The van der Waals surface area contributed by atoms with Gasteiger partial charge in [0.2, 0.25) is 0 Å². The molecule has 2 atom stereocenters. The van der Waals surface area contributed by atoms with E-state index in [1.54, 1.807) is 0 Å². The number of anilines is 1. The maximum Gasteiger partial charge on any atom is 0.255 e. The molecule has 4 fully saturated rings. The second-order valence-electron chi connectivity index (χ2n) is 10.4. The Kier molecular flexibility index (Phi) is 4.50. The highest BCUT2D eigenvalue weighted by atomic mass is 19.1. The Morgan fingerprint density at radius 3 is 1.91 bits per heavy atom. The zero-order valence-electron chi connectivity index (χ0n) is 18.2. The number of rotatable bonds is 4. The van der Waals surface area contributed by atoms with Crippen LogP contribution >= 0.6 is 0 Å². The Morgan fingerprint density at radius 2 is 1.31 bits per heavy atom. The molecule has 2 nitrogen and oxygen atoms in total. The van der Waals surface area contributed by atoms with Crippen LogP contribution < -0.4 is 5.32 Å². The van der Waals surface area contributed by atoms with E-state index < -0.39 is 0 Å². The van der Waals surface area contributed by atoms with Crippen LogP contribution in [0.15, 0.2) is 78.9 Å². The van der Waals surface area contributed by atoms with E-state index in [0.717, 1.165) is 17.5 Å². The number of carbonyl (C=O) groups excluding carboxylic acids is 1. The summed E-state index contributed by atoms with van der Waals surface area (Å²) in [5.74, 6) is 1.08. The van der Waals surface area contributed by atoms with Crippen LogP contribution in [0.1, 0.15) is 60.0 Å². The fraction of sp³-hybridized carbons (Fsp3) is 0.345. The van der Waals surface area contributed by atoms with Crippen molar-refractivity contribution in [1.29, 1.82) is 0 Å². The number of carbonyl (C=O) groups is 1. The summed E-state index contributed by atoms with van der Waals surface area (Å²) in [6.45, 7) is 0. The van der Waals surface area contributed by atoms with Gasteiger partial charge in [0.15, 0.2) is 0 Å². The largest absolute Gasteiger partial charge is 0.322 e. The number of nitrogens with one attached hydrogen (secondary N) is 1. The molecule has 4 aliphatic rings. The van der Waals surface area contributed by atoms with Gasteiger partial charge in [-0.1, -0.05) is 42.5 Å². The number of hydrogen-bond donors (Lipinski definition) is 1. The van der Waals surface area contributed by atoms with E-state index in [2.05, 4.69) is 47.8 Å². The molecule has 0 radical (unpaired) electrons. The monoisotopic (exact) mass is 425 g/mol. The van der Waals surface area contributed by atoms with Gasteiger partial charge in [0, 0.05) is 11.3 Å². The highest BCUT2D eigenvalue weighted by Crippen LogP contribution is 2.66. The average Bonchev–Trinajstić information content (AvgIpc) is 2.80. The summed E-state index contributed by atoms with van der Waals surface area (Å²) in [6, 6.07) is 25.4. The Bertz CT molecular complexity index is 1120. The molecular weight excluding hydrogens is 397 g/mol. The van der Waals surface area contributed by atoms with Crippen LogP contribution in [0.3, 0.4) is 0 Å². The van der Waals surface area contributed by atoms with Gasteiger partial charge in [-0.2, -0.15) is 0 Å². The molecule has 3 heteroatoms. The molecule has 0 aromatic heterocycles. The highest BCUT2D eigenvalue weighted by Gasteiger charge is 2.58. The highest BCUT2D eigenvalue weighted by molar-refractivity contribution is 6.04. The third kappa shape index (κ3) is 3.26. The predicted molar refractivity (Wildman–Crippen MR) is 125 cm³/mol. The van der Waals surface area contributed by atoms with Crippen molar-refractivity contribution in [3.63, 3.8) is 0 Å². The van der Waals surface area contributed by atoms with E-state index >= 15 is 0 Å². The molecule has 7 rings (SSSR count). The minimum absolute atomic E-state index is 0.212. The first-order valence-corrected chi connectivity index (χ1v) is 11.8. The van der Waals surface area contributed by atoms with Gasteiger partial charge in [-0.25, -0.2) is 4.39 Å². The zero-order valence-corrected chi connectivity index (χ0v) is 18.2. The second kappa shape index (κ2) is 7.30. The van der Waals surface area contributed by atoms with Crippen molar-refractivity contribution >= 4 is 11.6 Å². The first-order chi connectivity index (χ1) is 15.5. The van der Waals surface area contributed by atoms with Crippen LogP contribution in [0.2, 0.25) is 0 Å². The van der Waals surface area contributed by atoms with E-state index in [4.69, 9.17) is 0 Å². The van der Waals surface area contributed by atoms with Gasteiger partial charge in [-0.05, 0) is 109 Å². The van der Waals surface area contributed by atoms with E-state index in [1.807, 2.05) is 12.1 Å². The van der Waals surface area contributed by atoms with E-state index in [0.29, 0.717) is 11.0 Å². The lowest BCUT2D eigenvalue weighted by atomic mass is 9.42. The lowest BCUT2D eigenvalue weighted by Gasteiger charge is -2.62. The second-order valence-corrected chi connectivity index (χ2v) is 10.4. The maximum absolute atomic E-state index is 13.1. The average molecular weight is 426 g/mol. The van der Waals surface area contributed by atoms with Crippen LogP contribution in [0.4, 0.5) is 10.1 Å². The standard InChI is InChI=1S/C29H28FNO/c30-25-10-6-22(7-11-25)27(32)31-26-12-8-24(9-13-26)29-17-20-14-21(18-29)16-28(15-20,19-29)23-4-2-1-3-5-23/h1-13,20-21H,14-19H2,(H,31,32). The van der Waals surface area contributed by atoms with Crippen LogP contribution in [-0.2, 0) is 10.8 Å². The summed E-state index contributed by atoms with van der Waals surface area (Å²) in [5.41, 5.74) is 4.76. The van der Waals surface area contributed by atoms with Crippen LogP contribution in [0, 0.1) is 17.7 Å². The summed E-state index contributed by atoms with van der Waals surface area (Å²) < 4.78 is 13.1. The van der Waals surface area contributed by atoms with Crippen LogP contribution in [0.25, 0.3) is 0 Å². The SMILES string of the molecule is O=C(Nc1ccc(C23CC4CC(CC(c5ccccc5)(C4)C2)C3)cc1)c1ccc(F)cc1. The fourth-order valence-corrected chi connectivity index (χ4v) is 7.44. The minimum atomic E-state index is -0.338. The summed E-state index contributed by atoms with van der Waals surface area (Å²) >= 11 is 0. The Morgan fingerprint density at radius 1 is 0.750 bits per heavy atom. The minimum Gasteiger partial charge on any atom is -0.322 e. The summed E-state index contributed by atoms with van der Waals surface area (Å²) in [4.78, 5) is 12.5. The molecule has 0 saturated heterocycles. The van der Waals surface area contributed by atoms with Crippen LogP contribution in [-0.4, -0.2) is 5.91 Å². The molecule has 2 unspecified atom stereocenters. The van der Waals surface area contributed by atoms with Crippen molar-refractivity contribution in [3.05, 3.63) is 101 Å². The topological polar surface area (TPSA) is 29.1 Å². The zero-order chi connectivity index (χ0) is 21.8. The third-order valence-electron chi connectivity index (χ3n) is 8.31. The lowest BCUT2D eigenvalue weighted by molar-refractivity contribution is -0.0281. The van der Waals surface area contributed by atoms with Crippen molar-refractivity contribution in [1.82, 2.24) is 0 Å². The van der Waals surface area contributed by atoms with Gasteiger partial charge >= 0.3 is 0 Å². The molecule has 32 heavy (non-hydrogen) atoms. The molecule has 162 valence electrons. The summed E-state index contributed by atoms with van der Waals surface area (Å²) in [6.07, 6.45) is 7.88. The molecule has 4 bridgehead atoms. The first-order valence-electron chi connectivity index (χ1n) is 11.8. The van der Waals surface area contributed by atoms with Gasteiger partial charge in [0.1, 0.15) is 5.82 Å². The van der Waals surface area contributed by atoms with Gasteiger partial charge in [0.25, 0.3) is 5.91 Å². The van der Waals surface area contributed by atoms with Gasteiger partial charge in [-0.3, -0.25) is 4.79 Å². The third-order valence-corrected chi connectivity index (χ3v) is 8.31. The Balaban J connectivity index is 1.26. The number of amides is 1. The van der Waals surface area contributed by atoms with E-state index in [-0.39, 0.29) is 17.1 Å². The molecule has 0 spiro atoms. The lowest BCUT2D eigenvalue weighted by Crippen LogP contribution is -2.55. The molecule has 4 aliphatic carbocycles. The molecule has 0 aliphatic heterocycles. The predicted octanol–water partition coefficient (Wildman–Crippen LogP) is 6.87. The van der Waals surface area contributed by atoms with E-state index in [1.165, 1.54) is 73.9 Å². The quantitative estimate of drug-likeness (QED) is 0.486. The molecule has 1 amide bonds. The molecular formula is C29H28FNO. The van der Waals surface area contributed by atoms with Crippen molar-refractivity contribution in [2.24, 2.45) is 11.8 Å². The number of benzene rings is 3. The van der Waals surface area contributed by atoms with E-state index in [9.17, 15) is 9.18 Å². The Labute approximate surface area is 188 Å². The first kappa shape index (κ1) is 19.7. The van der Waals surface area contributed by atoms with Crippen molar-refractivity contribution in [2.45, 2.75) is 49.4 Å². The number of halogens is 1. The van der Waals surface area contributed by atoms with Crippen molar-refractivity contribution in [3.8, 4) is 0 Å². The normalized spacial score (nSPS) is 30.3.